The van der Waals surface area contributed by atoms with Crippen LogP contribution in [-0.2, 0) is 17.6 Å². The van der Waals surface area contributed by atoms with Crippen LogP contribution in [-0.4, -0.2) is 26.8 Å². The lowest BCUT2D eigenvalue weighted by molar-refractivity contribution is -0.137. The molecule has 0 spiro atoms. The first-order valence-corrected chi connectivity index (χ1v) is 9.97. The van der Waals surface area contributed by atoms with Gasteiger partial charge in [0.2, 0.25) is 11.1 Å². The maximum atomic E-state index is 12.8. The highest BCUT2D eigenvalue weighted by molar-refractivity contribution is 7.99. The molecule has 0 bridgehead atoms. The Balaban J connectivity index is 1.52. The molecule has 0 saturated heterocycles. The van der Waals surface area contributed by atoms with Gasteiger partial charge in [0.25, 0.3) is 0 Å². The van der Waals surface area contributed by atoms with Gasteiger partial charge >= 0.3 is 6.18 Å². The Kier molecular flexibility index (Phi) is 6.88. The maximum Gasteiger partial charge on any atom is 0.416 e. The second-order valence-corrected chi connectivity index (χ2v) is 7.55. The molecular formula is C19H16ClF3N4O2S. The van der Waals surface area contributed by atoms with Gasteiger partial charge in [0.15, 0.2) is 5.82 Å². The predicted molar refractivity (Wildman–Crippen MR) is 108 cm³/mol. The van der Waals surface area contributed by atoms with Crippen molar-refractivity contribution >= 4 is 35.0 Å². The van der Waals surface area contributed by atoms with Gasteiger partial charge in [0, 0.05) is 0 Å². The number of thioether (sulfide) groups is 1. The van der Waals surface area contributed by atoms with Crippen molar-refractivity contribution in [2.75, 3.05) is 11.1 Å². The van der Waals surface area contributed by atoms with Crippen molar-refractivity contribution in [3.05, 3.63) is 64.4 Å². The van der Waals surface area contributed by atoms with Gasteiger partial charge in [-0.3, -0.25) is 9.89 Å². The zero-order chi connectivity index (χ0) is 21.7. The van der Waals surface area contributed by atoms with E-state index >= 15 is 0 Å². The quantitative estimate of drug-likeness (QED) is 0.484. The lowest BCUT2D eigenvalue weighted by Gasteiger charge is -2.11. The van der Waals surface area contributed by atoms with Gasteiger partial charge in [-0.1, -0.05) is 35.5 Å². The van der Waals surface area contributed by atoms with E-state index in [0.717, 1.165) is 35.5 Å². The SMILES string of the molecule is Cc1cccc(OCc2nc(SCC(=O)Nc3cc(C(F)(F)F)ccc3Cl)n[nH]2)c1. The molecule has 2 aromatic carbocycles. The summed E-state index contributed by atoms with van der Waals surface area (Å²) in [6.07, 6.45) is -4.53. The monoisotopic (exact) mass is 456 g/mol. The van der Waals surface area contributed by atoms with Crippen LogP contribution < -0.4 is 10.1 Å². The largest absolute Gasteiger partial charge is 0.486 e. The fourth-order valence-electron chi connectivity index (χ4n) is 2.38. The topological polar surface area (TPSA) is 79.9 Å². The molecule has 0 aliphatic rings. The number of aromatic amines is 1. The molecule has 0 aliphatic heterocycles. The minimum absolute atomic E-state index is 0.00910. The zero-order valence-corrected chi connectivity index (χ0v) is 17.2. The number of ether oxygens (including phenoxy) is 1. The lowest BCUT2D eigenvalue weighted by Crippen LogP contribution is -2.15. The third kappa shape index (κ3) is 6.14. The van der Waals surface area contributed by atoms with Gasteiger partial charge in [-0.2, -0.15) is 13.2 Å². The number of hydrogen-bond acceptors (Lipinski definition) is 5. The van der Waals surface area contributed by atoms with Gasteiger partial charge in [-0.15, -0.1) is 5.10 Å². The molecule has 6 nitrogen and oxygen atoms in total. The fourth-order valence-corrected chi connectivity index (χ4v) is 3.16. The Labute approximate surface area is 179 Å². The summed E-state index contributed by atoms with van der Waals surface area (Å²) in [5, 5.41) is 9.38. The number of carbonyl (C=O) groups excluding carboxylic acids is 1. The summed E-state index contributed by atoms with van der Waals surface area (Å²) < 4.78 is 44.0. The van der Waals surface area contributed by atoms with E-state index in [1.807, 2.05) is 31.2 Å². The van der Waals surface area contributed by atoms with Gasteiger partial charge in [0.05, 0.1) is 22.0 Å². The van der Waals surface area contributed by atoms with Crippen molar-refractivity contribution in [2.45, 2.75) is 24.9 Å². The molecule has 2 N–H and O–H groups in total. The van der Waals surface area contributed by atoms with E-state index in [0.29, 0.717) is 16.7 Å². The van der Waals surface area contributed by atoms with Gasteiger partial charge < -0.3 is 10.1 Å². The Morgan fingerprint density at radius 2 is 2.07 bits per heavy atom. The maximum absolute atomic E-state index is 12.8. The molecule has 1 amide bonds. The van der Waals surface area contributed by atoms with Crippen molar-refractivity contribution < 1.29 is 22.7 Å². The van der Waals surface area contributed by atoms with E-state index in [4.69, 9.17) is 16.3 Å². The first-order chi connectivity index (χ1) is 14.2. The average Bonchev–Trinajstić information content (AvgIpc) is 3.14. The van der Waals surface area contributed by atoms with Crippen LogP contribution in [0.1, 0.15) is 17.0 Å². The Morgan fingerprint density at radius 3 is 2.80 bits per heavy atom. The van der Waals surface area contributed by atoms with Crippen molar-refractivity contribution in [3.63, 3.8) is 0 Å². The third-order valence-electron chi connectivity index (χ3n) is 3.78. The van der Waals surface area contributed by atoms with E-state index < -0.39 is 17.6 Å². The number of nitrogens with zero attached hydrogens (tertiary/aromatic N) is 2. The molecule has 1 aromatic heterocycles. The van der Waals surface area contributed by atoms with E-state index in [1.54, 1.807) is 0 Å². The molecule has 3 aromatic rings. The minimum atomic E-state index is -4.53. The normalized spacial score (nSPS) is 11.4. The van der Waals surface area contributed by atoms with Gasteiger partial charge in [0.1, 0.15) is 12.4 Å². The van der Waals surface area contributed by atoms with Crippen LogP contribution in [0.25, 0.3) is 0 Å². The number of amides is 1. The predicted octanol–water partition coefficient (Wildman–Crippen LogP) is 5.10. The van der Waals surface area contributed by atoms with Crippen molar-refractivity contribution in [2.24, 2.45) is 0 Å². The van der Waals surface area contributed by atoms with E-state index in [9.17, 15) is 18.0 Å². The number of anilines is 1. The fraction of sp³-hybridized carbons (Fsp3) is 0.211. The highest BCUT2D eigenvalue weighted by atomic mass is 35.5. The van der Waals surface area contributed by atoms with Crippen LogP contribution in [0.4, 0.5) is 18.9 Å². The third-order valence-corrected chi connectivity index (χ3v) is 4.95. The molecule has 0 unspecified atom stereocenters. The van der Waals surface area contributed by atoms with Crippen LogP contribution in [0, 0.1) is 6.92 Å². The van der Waals surface area contributed by atoms with Gasteiger partial charge in [-0.05, 0) is 42.8 Å². The van der Waals surface area contributed by atoms with Crippen molar-refractivity contribution in [1.82, 2.24) is 15.2 Å². The van der Waals surface area contributed by atoms with Crippen LogP contribution in [0.5, 0.6) is 5.75 Å². The molecule has 11 heteroatoms. The molecular weight excluding hydrogens is 441 g/mol. The van der Waals surface area contributed by atoms with Crippen LogP contribution in [0.3, 0.4) is 0 Å². The standard InChI is InChI=1S/C19H16ClF3N4O2S/c1-11-3-2-4-13(7-11)29-9-16-25-18(27-26-16)30-10-17(28)24-15-8-12(19(21,22)23)5-6-14(15)20/h2-8H,9-10H2,1H3,(H,24,28)(H,25,26,27). The number of halogens is 4. The van der Waals surface area contributed by atoms with Crippen LogP contribution in [0.2, 0.25) is 5.02 Å². The molecule has 0 radical (unpaired) electrons. The van der Waals surface area contributed by atoms with E-state index in [-0.39, 0.29) is 23.1 Å². The Bertz CT molecular complexity index is 1040. The molecule has 0 saturated carbocycles. The summed E-state index contributed by atoms with van der Waals surface area (Å²) in [4.78, 5) is 16.3. The number of hydrogen-bond donors (Lipinski definition) is 2. The zero-order valence-electron chi connectivity index (χ0n) is 15.6. The lowest BCUT2D eigenvalue weighted by atomic mass is 10.2. The first kappa shape index (κ1) is 22.0. The minimum Gasteiger partial charge on any atom is -0.486 e. The van der Waals surface area contributed by atoms with Crippen molar-refractivity contribution in [1.29, 1.82) is 0 Å². The number of rotatable bonds is 7. The summed E-state index contributed by atoms with van der Waals surface area (Å²) >= 11 is 6.90. The van der Waals surface area contributed by atoms with Crippen LogP contribution >= 0.6 is 23.4 Å². The molecule has 1 heterocycles. The first-order valence-electron chi connectivity index (χ1n) is 8.61. The second kappa shape index (κ2) is 9.40. The summed E-state index contributed by atoms with van der Waals surface area (Å²) in [5.74, 6) is 0.518. The molecule has 0 atom stereocenters. The summed E-state index contributed by atoms with van der Waals surface area (Å²) in [7, 11) is 0. The highest BCUT2D eigenvalue weighted by Crippen LogP contribution is 2.33. The molecule has 3 rings (SSSR count). The van der Waals surface area contributed by atoms with Crippen LogP contribution in [0.15, 0.2) is 47.6 Å². The molecule has 0 aliphatic carbocycles. The van der Waals surface area contributed by atoms with E-state index in [2.05, 4.69) is 20.5 Å². The number of aryl methyl sites for hydroxylation is 1. The van der Waals surface area contributed by atoms with Gasteiger partial charge in [-0.25, -0.2) is 4.98 Å². The summed E-state index contributed by atoms with van der Waals surface area (Å²) in [5.41, 5.74) is 0.0506. The molecule has 30 heavy (non-hydrogen) atoms. The number of carbonyl (C=O) groups is 1. The highest BCUT2D eigenvalue weighted by Gasteiger charge is 2.31. The number of nitrogens with one attached hydrogen (secondary N) is 2. The Hall–Kier alpha value is -2.72. The number of aromatic nitrogens is 3. The summed E-state index contributed by atoms with van der Waals surface area (Å²) in [6.45, 7) is 2.12. The number of benzene rings is 2. The Morgan fingerprint density at radius 1 is 1.27 bits per heavy atom. The molecule has 0 fully saturated rings. The number of H-pyrrole nitrogens is 1. The summed E-state index contributed by atoms with van der Waals surface area (Å²) in [6, 6.07) is 10.3. The van der Waals surface area contributed by atoms with E-state index in [1.165, 1.54) is 0 Å². The number of alkyl halides is 3. The van der Waals surface area contributed by atoms with Crippen molar-refractivity contribution in [3.8, 4) is 5.75 Å². The second-order valence-electron chi connectivity index (χ2n) is 6.20. The smallest absolute Gasteiger partial charge is 0.416 e. The molecule has 158 valence electrons. The average molecular weight is 457 g/mol.